The average molecular weight is 315 g/mol. The van der Waals surface area contributed by atoms with Crippen LogP contribution in [0.4, 0.5) is 0 Å². The van der Waals surface area contributed by atoms with Crippen LogP contribution in [0, 0.1) is 12.8 Å². The summed E-state index contributed by atoms with van der Waals surface area (Å²) in [6.07, 6.45) is 6.19. The molecule has 2 heterocycles. The number of rotatable bonds is 3. The lowest BCUT2D eigenvalue weighted by Crippen LogP contribution is -2.36. The molecular weight excluding hydrogens is 294 g/mol. The fourth-order valence-corrected chi connectivity index (χ4v) is 3.11. The Morgan fingerprint density at radius 1 is 1.48 bits per heavy atom. The van der Waals surface area contributed by atoms with E-state index < -0.39 is 5.91 Å². The largest absolute Gasteiger partial charge is 0.393 e. The number of pyridine rings is 1. The van der Waals surface area contributed by atoms with E-state index in [1.54, 1.807) is 18.3 Å². The molecule has 2 atom stereocenters. The highest BCUT2D eigenvalue weighted by Gasteiger charge is 2.21. The molecule has 1 aliphatic rings. The number of hydrogen-bond donors (Lipinski definition) is 2. The molecule has 0 saturated heterocycles. The summed E-state index contributed by atoms with van der Waals surface area (Å²) in [5.41, 5.74) is 1.21. The number of amides is 1. The number of aliphatic hydroxyl groups is 1. The number of nitrogens with one attached hydrogen (secondary N) is 1. The fraction of sp³-hybridized carbons (Fsp3) is 0.471. The van der Waals surface area contributed by atoms with Gasteiger partial charge in [0, 0.05) is 18.9 Å². The van der Waals surface area contributed by atoms with E-state index in [-0.39, 0.29) is 23.1 Å². The van der Waals surface area contributed by atoms with Crippen LogP contribution in [0.1, 0.15) is 41.6 Å². The minimum absolute atomic E-state index is 0.0442. The summed E-state index contributed by atoms with van der Waals surface area (Å²) < 4.78 is 1.38. The third-order valence-corrected chi connectivity index (χ3v) is 4.42. The number of aliphatic hydroxyl groups excluding tert-OH is 1. The van der Waals surface area contributed by atoms with Crippen molar-refractivity contribution >= 4 is 11.6 Å². The minimum atomic E-state index is -0.405. The molecule has 2 unspecified atom stereocenters. The second-order valence-corrected chi connectivity index (χ2v) is 6.31. The van der Waals surface area contributed by atoms with Gasteiger partial charge in [0.1, 0.15) is 11.2 Å². The highest BCUT2D eigenvalue weighted by atomic mass is 16.3. The maximum atomic E-state index is 12.4. The van der Waals surface area contributed by atoms with E-state index in [1.165, 1.54) is 10.6 Å². The van der Waals surface area contributed by atoms with Crippen molar-refractivity contribution < 1.29 is 9.90 Å². The molecule has 6 nitrogen and oxygen atoms in total. The summed E-state index contributed by atoms with van der Waals surface area (Å²) >= 11 is 0. The van der Waals surface area contributed by atoms with Crippen molar-refractivity contribution in [2.45, 2.75) is 38.7 Å². The quantitative estimate of drug-likeness (QED) is 0.894. The first-order chi connectivity index (χ1) is 11.0. The number of hydrogen-bond acceptors (Lipinski definition) is 4. The van der Waals surface area contributed by atoms with Gasteiger partial charge >= 0.3 is 0 Å². The van der Waals surface area contributed by atoms with Crippen molar-refractivity contribution in [2.75, 3.05) is 6.54 Å². The average Bonchev–Trinajstić information content (AvgIpc) is 2.53. The van der Waals surface area contributed by atoms with Gasteiger partial charge in [0.05, 0.1) is 6.10 Å². The number of nitrogens with zero attached hydrogens (tertiary/aromatic N) is 2. The summed E-state index contributed by atoms with van der Waals surface area (Å²) in [6.45, 7) is 2.40. The summed E-state index contributed by atoms with van der Waals surface area (Å²) in [5.74, 6) is -0.140. The number of carbonyl (C=O) groups excluding carboxylic acids is 1. The van der Waals surface area contributed by atoms with Gasteiger partial charge in [0.2, 0.25) is 0 Å². The van der Waals surface area contributed by atoms with Gasteiger partial charge in [-0.3, -0.25) is 14.0 Å². The Bertz CT molecular complexity index is 784. The lowest BCUT2D eigenvalue weighted by atomic mass is 9.87. The number of aromatic nitrogens is 2. The minimum Gasteiger partial charge on any atom is -0.393 e. The molecule has 2 aromatic heterocycles. The van der Waals surface area contributed by atoms with Gasteiger partial charge < -0.3 is 10.4 Å². The summed E-state index contributed by atoms with van der Waals surface area (Å²) in [5, 5.41) is 12.5. The van der Waals surface area contributed by atoms with Gasteiger partial charge in [0.25, 0.3) is 11.5 Å². The predicted octanol–water partition coefficient (Wildman–Crippen LogP) is 1.28. The van der Waals surface area contributed by atoms with Gasteiger partial charge in [-0.1, -0.05) is 6.42 Å². The topological polar surface area (TPSA) is 83.7 Å². The van der Waals surface area contributed by atoms with Crippen LogP contribution in [0.15, 0.2) is 29.3 Å². The van der Waals surface area contributed by atoms with Crippen molar-refractivity contribution in [3.8, 4) is 0 Å². The standard InChI is InChI=1S/C17H21N3O3/c1-11-5-6-20-15(7-11)18-10-14(17(20)23)16(22)19-9-12-3-2-4-13(21)8-12/h5-7,10,12-13,21H,2-4,8-9H2,1H3,(H,19,22). The summed E-state index contributed by atoms with van der Waals surface area (Å²) in [6, 6.07) is 3.60. The first-order valence-corrected chi connectivity index (χ1v) is 7.99. The van der Waals surface area contributed by atoms with Crippen LogP contribution >= 0.6 is 0 Å². The number of carbonyl (C=O) groups is 1. The van der Waals surface area contributed by atoms with Crippen molar-refractivity contribution in [3.63, 3.8) is 0 Å². The molecule has 3 rings (SSSR count). The van der Waals surface area contributed by atoms with Gasteiger partial charge in [-0.2, -0.15) is 0 Å². The Kier molecular flexibility index (Phi) is 4.43. The Balaban J connectivity index is 1.74. The lowest BCUT2D eigenvalue weighted by Gasteiger charge is -2.25. The van der Waals surface area contributed by atoms with Crippen LogP contribution in [0.3, 0.4) is 0 Å². The molecule has 6 heteroatoms. The second kappa shape index (κ2) is 6.50. The smallest absolute Gasteiger partial charge is 0.270 e. The molecule has 1 amide bonds. The third kappa shape index (κ3) is 3.42. The van der Waals surface area contributed by atoms with Crippen molar-refractivity contribution in [3.05, 3.63) is 46.0 Å². The van der Waals surface area contributed by atoms with Crippen LogP contribution in [0.25, 0.3) is 5.65 Å². The normalized spacial score (nSPS) is 21.3. The maximum absolute atomic E-state index is 12.4. The van der Waals surface area contributed by atoms with Crippen molar-refractivity contribution in [1.82, 2.24) is 14.7 Å². The van der Waals surface area contributed by atoms with Crippen LogP contribution in [-0.4, -0.2) is 33.0 Å². The van der Waals surface area contributed by atoms with Crippen molar-refractivity contribution in [2.24, 2.45) is 5.92 Å². The van der Waals surface area contributed by atoms with Gasteiger partial charge in [-0.15, -0.1) is 0 Å². The van der Waals surface area contributed by atoms with Crippen LogP contribution < -0.4 is 10.9 Å². The van der Waals surface area contributed by atoms with E-state index in [0.717, 1.165) is 24.8 Å². The molecule has 122 valence electrons. The molecule has 2 aromatic rings. The monoisotopic (exact) mass is 315 g/mol. The Hall–Kier alpha value is -2.21. The molecule has 2 N–H and O–H groups in total. The van der Waals surface area contributed by atoms with E-state index in [2.05, 4.69) is 10.3 Å². The van der Waals surface area contributed by atoms with Crippen LogP contribution in [-0.2, 0) is 0 Å². The SMILES string of the molecule is Cc1ccn2c(=O)c(C(=O)NCC3CCCC(O)C3)cnc2c1. The highest BCUT2D eigenvalue weighted by molar-refractivity contribution is 5.93. The number of fused-ring (bicyclic) bond motifs is 1. The molecule has 1 saturated carbocycles. The van der Waals surface area contributed by atoms with Crippen LogP contribution in [0.5, 0.6) is 0 Å². The van der Waals surface area contributed by atoms with E-state index in [4.69, 9.17) is 0 Å². The predicted molar refractivity (Wildman–Crippen MR) is 86.5 cm³/mol. The maximum Gasteiger partial charge on any atom is 0.270 e. The lowest BCUT2D eigenvalue weighted by molar-refractivity contribution is 0.0872. The zero-order chi connectivity index (χ0) is 16.4. The molecule has 0 bridgehead atoms. The molecule has 0 aromatic carbocycles. The molecule has 1 aliphatic carbocycles. The molecule has 0 aliphatic heterocycles. The zero-order valence-corrected chi connectivity index (χ0v) is 13.2. The summed E-state index contributed by atoms with van der Waals surface area (Å²) in [4.78, 5) is 28.9. The Labute approximate surface area is 134 Å². The Morgan fingerprint density at radius 3 is 3.09 bits per heavy atom. The van der Waals surface area contributed by atoms with Crippen LogP contribution in [0.2, 0.25) is 0 Å². The number of aryl methyl sites for hydroxylation is 1. The van der Waals surface area contributed by atoms with E-state index in [9.17, 15) is 14.7 Å². The molecule has 0 radical (unpaired) electrons. The van der Waals surface area contributed by atoms with Gasteiger partial charge in [-0.05, 0) is 49.8 Å². The van der Waals surface area contributed by atoms with Gasteiger partial charge in [-0.25, -0.2) is 4.98 Å². The van der Waals surface area contributed by atoms with E-state index >= 15 is 0 Å². The highest BCUT2D eigenvalue weighted by Crippen LogP contribution is 2.23. The zero-order valence-electron chi connectivity index (χ0n) is 13.2. The molecular formula is C17H21N3O3. The fourth-order valence-electron chi connectivity index (χ4n) is 3.11. The van der Waals surface area contributed by atoms with Crippen molar-refractivity contribution in [1.29, 1.82) is 0 Å². The first kappa shape index (κ1) is 15.7. The molecule has 23 heavy (non-hydrogen) atoms. The first-order valence-electron chi connectivity index (χ1n) is 7.99. The van der Waals surface area contributed by atoms with Gasteiger partial charge in [0.15, 0.2) is 0 Å². The molecule has 1 fully saturated rings. The Morgan fingerprint density at radius 2 is 2.30 bits per heavy atom. The molecule has 0 spiro atoms. The van der Waals surface area contributed by atoms with E-state index in [0.29, 0.717) is 18.6 Å². The summed E-state index contributed by atoms with van der Waals surface area (Å²) in [7, 11) is 0. The van der Waals surface area contributed by atoms with E-state index in [1.807, 2.05) is 6.92 Å². The third-order valence-electron chi connectivity index (χ3n) is 4.42. The second-order valence-electron chi connectivity index (χ2n) is 6.31.